The number of aliphatic imine (C=N–C) groups is 1. The number of alkyl halides is 3. The second-order valence-corrected chi connectivity index (χ2v) is 7.30. The van der Waals surface area contributed by atoms with Crippen molar-refractivity contribution in [2.24, 2.45) is 10.7 Å². The Morgan fingerprint density at radius 2 is 2.13 bits per heavy atom. The Labute approximate surface area is 178 Å². The van der Waals surface area contributed by atoms with Gasteiger partial charge in [0, 0.05) is 23.9 Å². The number of hydrogen-bond donors (Lipinski definition) is 2. The van der Waals surface area contributed by atoms with Crippen molar-refractivity contribution in [1.29, 1.82) is 5.26 Å². The second kappa shape index (κ2) is 8.03. The van der Waals surface area contributed by atoms with E-state index >= 15 is 0 Å². The molecule has 3 rings (SSSR count). The summed E-state index contributed by atoms with van der Waals surface area (Å²) in [7, 11) is 0. The predicted octanol–water partition coefficient (Wildman–Crippen LogP) is 3.88. The van der Waals surface area contributed by atoms with E-state index in [4.69, 9.17) is 22.6 Å². The summed E-state index contributed by atoms with van der Waals surface area (Å²) in [5, 5.41) is 11.2. The molecule has 2 atom stereocenters. The van der Waals surface area contributed by atoms with Crippen LogP contribution in [-0.2, 0) is 10.3 Å². The zero-order chi connectivity index (χ0) is 23.0. The summed E-state index contributed by atoms with van der Waals surface area (Å²) in [4.78, 5) is 20.2. The molecule has 1 aliphatic heterocycles. The Kier molecular flexibility index (Phi) is 5.78. The van der Waals surface area contributed by atoms with E-state index in [1.807, 2.05) is 6.07 Å². The molecule has 3 N–H and O–H groups in total. The van der Waals surface area contributed by atoms with Crippen LogP contribution in [-0.4, -0.2) is 29.2 Å². The highest BCUT2D eigenvalue weighted by Crippen LogP contribution is 2.41. The molecule has 1 aliphatic rings. The SMILES string of the molecule is C[C@@]1(c2cc(NC(=O)c3ncc(C#N)cc3Cl)ccc2F)CC(C(F)(F)F)OC(N)=N1. The Morgan fingerprint density at radius 3 is 2.74 bits per heavy atom. The zero-order valence-electron chi connectivity index (χ0n) is 15.8. The number of benzene rings is 1. The number of hydrogen-bond acceptors (Lipinski definition) is 6. The van der Waals surface area contributed by atoms with Gasteiger partial charge in [-0.3, -0.25) is 4.79 Å². The average Bonchev–Trinajstić information content (AvgIpc) is 2.67. The lowest BCUT2D eigenvalue weighted by molar-refractivity contribution is -0.208. The normalized spacial score (nSPS) is 20.9. The minimum atomic E-state index is -4.73. The molecular formula is C19H14ClF4N5O2. The van der Waals surface area contributed by atoms with Crippen LogP contribution in [0.25, 0.3) is 0 Å². The van der Waals surface area contributed by atoms with Crippen LogP contribution in [0.3, 0.4) is 0 Å². The molecule has 0 radical (unpaired) electrons. The highest BCUT2D eigenvalue weighted by atomic mass is 35.5. The van der Waals surface area contributed by atoms with E-state index in [9.17, 15) is 22.4 Å². The van der Waals surface area contributed by atoms with Crippen LogP contribution in [0.5, 0.6) is 0 Å². The van der Waals surface area contributed by atoms with Crippen molar-refractivity contribution in [1.82, 2.24) is 4.98 Å². The summed E-state index contributed by atoms with van der Waals surface area (Å²) in [5.41, 5.74) is 3.51. The molecular weight excluding hydrogens is 442 g/mol. The van der Waals surface area contributed by atoms with Crippen molar-refractivity contribution in [3.05, 3.63) is 58.1 Å². The minimum Gasteiger partial charge on any atom is -0.452 e. The monoisotopic (exact) mass is 455 g/mol. The van der Waals surface area contributed by atoms with Gasteiger partial charge in [-0.05, 0) is 31.2 Å². The minimum absolute atomic E-state index is 0.0636. The lowest BCUT2D eigenvalue weighted by Crippen LogP contribution is -2.46. The fraction of sp³-hybridized carbons (Fsp3) is 0.263. The highest BCUT2D eigenvalue weighted by Gasteiger charge is 2.50. The summed E-state index contributed by atoms with van der Waals surface area (Å²) in [6.45, 7) is 1.28. The van der Waals surface area contributed by atoms with Crippen LogP contribution in [0.15, 0.2) is 35.5 Å². The Morgan fingerprint density at radius 1 is 1.42 bits per heavy atom. The van der Waals surface area contributed by atoms with Crippen LogP contribution >= 0.6 is 11.6 Å². The largest absolute Gasteiger partial charge is 0.452 e. The first-order valence-electron chi connectivity index (χ1n) is 8.68. The number of aromatic nitrogens is 1. The average molecular weight is 456 g/mol. The number of anilines is 1. The summed E-state index contributed by atoms with van der Waals surface area (Å²) in [5.74, 6) is -1.60. The summed E-state index contributed by atoms with van der Waals surface area (Å²) in [6, 6.07) is 5.69. The first-order valence-corrected chi connectivity index (χ1v) is 9.06. The number of nitrogens with one attached hydrogen (secondary N) is 1. The molecule has 1 unspecified atom stereocenters. The lowest BCUT2D eigenvalue weighted by atomic mass is 9.85. The maximum atomic E-state index is 14.5. The third-order valence-corrected chi connectivity index (χ3v) is 4.85. The van der Waals surface area contributed by atoms with Crippen molar-refractivity contribution in [3.63, 3.8) is 0 Å². The van der Waals surface area contributed by atoms with E-state index in [1.54, 1.807) is 0 Å². The molecule has 0 saturated heterocycles. The van der Waals surface area contributed by atoms with Crippen molar-refractivity contribution in [3.8, 4) is 6.07 Å². The number of ether oxygens (including phenoxy) is 1. The van der Waals surface area contributed by atoms with Crippen molar-refractivity contribution in [2.75, 3.05) is 5.32 Å². The maximum Gasteiger partial charge on any atom is 0.425 e. The Hall–Kier alpha value is -3.39. The van der Waals surface area contributed by atoms with Gasteiger partial charge in [-0.25, -0.2) is 14.4 Å². The third-order valence-electron chi connectivity index (χ3n) is 4.56. The number of nitriles is 1. The van der Waals surface area contributed by atoms with Crippen molar-refractivity contribution < 1.29 is 27.1 Å². The van der Waals surface area contributed by atoms with Crippen molar-refractivity contribution >= 4 is 29.2 Å². The third kappa shape index (κ3) is 4.69. The summed E-state index contributed by atoms with van der Waals surface area (Å²) >= 11 is 5.96. The molecule has 2 aromatic rings. The van der Waals surface area contributed by atoms with Crippen LogP contribution in [0.2, 0.25) is 5.02 Å². The van der Waals surface area contributed by atoms with Gasteiger partial charge in [-0.1, -0.05) is 11.6 Å². The fourth-order valence-corrected chi connectivity index (χ4v) is 3.34. The molecule has 31 heavy (non-hydrogen) atoms. The maximum absolute atomic E-state index is 14.5. The van der Waals surface area contributed by atoms with Gasteiger partial charge in [0.05, 0.1) is 16.1 Å². The number of amidine groups is 1. The number of nitrogens with two attached hydrogens (primary N) is 1. The predicted molar refractivity (Wildman–Crippen MR) is 103 cm³/mol. The topological polar surface area (TPSA) is 113 Å². The number of pyridine rings is 1. The molecule has 2 heterocycles. The number of carbonyl (C=O) groups excluding carboxylic acids is 1. The van der Waals surface area contributed by atoms with E-state index in [2.05, 4.69) is 20.0 Å². The van der Waals surface area contributed by atoms with Gasteiger partial charge in [0.25, 0.3) is 11.9 Å². The number of carbonyl (C=O) groups is 1. The number of rotatable bonds is 3. The van der Waals surface area contributed by atoms with Gasteiger partial charge in [0.1, 0.15) is 17.6 Å². The van der Waals surface area contributed by atoms with Gasteiger partial charge in [0.15, 0.2) is 6.10 Å². The Bertz CT molecular complexity index is 1120. The zero-order valence-corrected chi connectivity index (χ0v) is 16.6. The summed E-state index contributed by atoms with van der Waals surface area (Å²) < 4.78 is 58.6. The summed E-state index contributed by atoms with van der Waals surface area (Å²) in [6.07, 6.45) is -6.57. The van der Waals surface area contributed by atoms with E-state index < -0.39 is 42.0 Å². The van der Waals surface area contributed by atoms with Crippen LogP contribution in [0.4, 0.5) is 23.2 Å². The van der Waals surface area contributed by atoms with Crippen LogP contribution in [0, 0.1) is 17.1 Å². The fourth-order valence-electron chi connectivity index (χ4n) is 3.09. The molecule has 1 aromatic heterocycles. The quantitative estimate of drug-likeness (QED) is 0.682. The van der Waals surface area contributed by atoms with Crippen LogP contribution < -0.4 is 11.1 Å². The lowest BCUT2D eigenvalue weighted by Gasteiger charge is -2.36. The smallest absolute Gasteiger partial charge is 0.425 e. The molecule has 0 fully saturated rings. The van der Waals surface area contributed by atoms with E-state index in [1.165, 1.54) is 19.1 Å². The molecule has 12 heteroatoms. The highest BCUT2D eigenvalue weighted by molar-refractivity contribution is 6.34. The molecule has 0 saturated carbocycles. The molecule has 1 amide bonds. The van der Waals surface area contributed by atoms with E-state index in [0.29, 0.717) is 0 Å². The second-order valence-electron chi connectivity index (χ2n) is 6.89. The molecule has 0 spiro atoms. The number of halogens is 5. The van der Waals surface area contributed by atoms with Gasteiger partial charge in [0.2, 0.25) is 0 Å². The van der Waals surface area contributed by atoms with E-state index in [0.717, 1.165) is 18.3 Å². The molecule has 0 aliphatic carbocycles. The first kappa shape index (κ1) is 22.3. The van der Waals surface area contributed by atoms with Gasteiger partial charge in [-0.2, -0.15) is 18.4 Å². The standard InChI is InChI=1S/C19H14ClF4N5O2/c1-18(6-14(19(22,23)24)31-17(26)29-18)11-5-10(2-3-13(11)21)28-16(30)15-12(20)4-9(7-25)8-27-15/h2-5,8,14H,6H2,1H3,(H2,26,29)(H,28,30)/t14?,18-/m0/s1. The molecule has 7 nitrogen and oxygen atoms in total. The number of amides is 1. The van der Waals surface area contributed by atoms with Gasteiger partial charge >= 0.3 is 6.18 Å². The number of nitrogens with zero attached hydrogens (tertiary/aromatic N) is 3. The van der Waals surface area contributed by atoms with Gasteiger partial charge in [-0.15, -0.1) is 0 Å². The first-order chi connectivity index (χ1) is 14.4. The van der Waals surface area contributed by atoms with Crippen LogP contribution in [0.1, 0.15) is 35.0 Å². The molecule has 162 valence electrons. The van der Waals surface area contributed by atoms with E-state index in [-0.39, 0.29) is 27.5 Å². The van der Waals surface area contributed by atoms with Crippen molar-refractivity contribution in [2.45, 2.75) is 31.2 Å². The van der Waals surface area contributed by atoms with Gasteiger partial charge < -0.3 is 15.8 Å². The molecule has 1 aromatic carbocycles. The Balaban J connectivity index is 1.93. The molecule has 0 bridgehead atoms.